The van der Waals surface area contributed by atoms with E-state index in [2.05, 4.69) is 5.32 Å². The number of hydrogen-bond donors (Lipinski definition) is 1. The molecule has 1 atom stereocenters. The molecule has 1 unspecified atom stereocenters. The molecule has 1 amide bonds. The van der Waals surface area contributed by atoms with Crippen LogP contribution >= 0.6 is 23.4 Å². The van der Waals surface area contributed by atoms with E-state index in [0.717, 1.165) is 11.5 Å². The molecule has 1 N–H and O–H groups in total. The molecule has 0 aromatic rings. The Hall–Kier alpha value is -0.0500. The highest BCUT2D eigenvalue weighted by atomic mass is 35.5. The molecule has 0 radical (unpaired) electrons. The quantitative estimate of drug-likeness (QED) is 0.727. The molecule has 0 spiro atoms. The number of thioether (sulfide) groups is 1. The van der Waals surface area contributed by atoms with Crippen molar-refractivity contribution in [3.8, 4) is 0 Å². The van der Waals surface area contributed by atoms with E-state index in [-0.39, 0.29) is 12.3 Å². The van der Waals surface area contributed by atoms with Crippen LogP contribution in [0.2, 0.25) is 0 Å². The summed E-state index contributed by atoms with van der Waals surface area (Å²) in [5.74, 6) is 0.322. The van der Waals surface area contributed by atoms with Crippen LogP contribution in [-0.4, -0.2) is 61.2 Å². The largest absolute Gasteiger partial charge is 0.351 e. The fraction of sp³-hybridized carbons (Fsp3) is 0.875. The first-order valence-corrected chi connectivity index (χ1v) is 8.25. The van der Waals surface area contributed by atoms with E-state index in [9.17, 15) is 17.6 Å². The summed E-state index contributed by atoms with van der Waals surface area (Å²) in [6.07, 6.45) is 0. The number of alkyl halides is 2. The van der Waals surface area contributed by atoms with Crippen molar-refractivity contribution in [2.75, 3.05) is 36.9 Å². The van der Waals surface area contributed by atoms with Crippen molar-refractivity contribution < 1.29 is 17.6 Å². The molecule has 1 aliphatic heterocycles. The summed E-state index contributed by atoms with van der Waals surface area (Å²) in [7, 11) is -3.36. The highest BCUT2D eigenvalue weighted by Gasteiger charge is 2.24. The van der Waals surface area contributed by atoms with E-state index < -0.39 is 21.6 Å². The van der Waals surface area contributed by atoms with Gasteiger partial charge in [-0.1, -0.05) is 11.6 Å². The van der Waals surface area contributed by atoms with Crippen molar-refractivity contribution in [3.63, 3.8) is 0 Å². The molecular weight excluding hydrogens is 291 g/mol. The van der Waals surface area contributed by atoms with Gasteiger partial charge in [0.25, 0.3) is 11.5 Å². The van der Waals surface area contributed by atoms with E-state index in [1.165, 1.54) is 4.31 Å². The van der Waals surface area contributed by atoms with Crippen LogP contribution < -0.4 is 5.32 Å². The van der Waals surface area contributed by atoms with Gasteiger partial charge in [-0.15, -0.1) is 0 Å². The Labute approximate surface area is 109 Å². The summed E-state index contributed by atoms with van der Waals surface area (Å²) in [6, 6.07) is 0. The normalized spacial score (nSPS) is 19.9. The Kier molecular flexibility index (Phi) is 5.98. The van der Waals surface area contributed by atoms with Crippen molar-refractivity contribution >= 4 is 39.3 Å². The lowest BCUT2D eigenvalue weighted by Gasteiger charge is -2.25. The Morgan fingerprint density at radius 1 is 1.47 bits per heavy atom. The summed E-state index contributed by atoms with van der Waals surface area (Å²) in [5, 5.41) is 2.12. The van der Waals surface area contributed by atoms with Crippen LogP contribution in [-0.2, 0) is 14.8 Å². The topological polar surface area (TPSA) is 66.5 Å². The number of nitrogens with zero attached hydrogens (tertiary/aromatic N) is 1. The lowest BCUT2D eigenvalue weighted by atomic mass is 10.6. The number of amides is 1. The van der Waals surface area contributed by atoms with E-state index in [1.807, 2.05) is 0 Å². The number of sulfonamides is 1. The van der Waals surface area contributed by atoms with Crippen LogP contribution in [0.4, 0.5) is 4.39 Å². The number of halogens is 2. The molecule has 1 rings (SSSR count). The number of nitrogens with one attached hydrogen (secondary N) is 1. The minimum absolute atomic E-state index is 0.127. The third kappa shape index (κ3) is 4.99. The van der Waals surface area contributed by atoms with Gasteiger partial charge in [0.15, 0.2) is 0 Å². The average molecular weight is 305 g/mol. The van der Waals surface area contributed by atoms with Crippen LogP contribution in [0.1, 0.15) is 0 Å². The summed E-state index contributed by atoms with van der Waals surface area (Å²) in [5.41, 5.74) is -2.14. The highest BCUT2D eigenvalue weighted by Crippen LogP contribution is 2.12. The fourth-order valence-corrected chi connectivity index (χ4v) is 3.90. The first kappa shape index (κ1) is 15.0. The molecule has 0 aromatic carbocycles. The second kappa shape index (κ2) is 6.77. The average Bonchev–Trinajstić information content (AvgIpc) is 2.29. The summed E-state index contributed by atoms with van der Waals surface area (Å²) in [6.45, 7) is 0.850. The Balaban J connectivity index is 2.36. The second-order valence-electron chi connectivity index (χ2n) is 3.42. The standard InChI is InChI=1S/C8H14ClFN2O3S2/c9-7(10)8(13)11-1-6-17(14,15)12-2-4-16-5-3-12/h7H,1-6H2,(H,11,13). The summed E-state index contributed by atoms with van der Waals surface area (Å²) in [4.78, 5) is 10.8. The van der Waals surface area contributed by atoms with Gasteiger partial charge in [0, 0.05) is 31.1 Å². The minimum atomic E-state index is -3.36. The smallest absolute Gasteiger partial charge is 0.270 e. The van der Waals surface area contributed by atoms with Gasteiger partial charge >= 0.3 is 0 Å². The summed E-state index contributed by atoms with van der Waals surface area (Å²) < 4.78 is 37.2. The van der Waals surface area contributed by atoms with Crippen LogP contribution in [0.5, 0.6) is 0 Å². The highest BCUT2D eigenvalue weighted by molar-refractivity contribution is 7.99. The zero-order valence-corrected chi connectivity index (χ0v) is 11.5. The minimum Gasteiger partial charge on any atom is -0.351 e. The SMILES string of the molecule is O=C(NCCS(=O)(=O)N1CCSCC1)C(F)Cl. The molecule has 9 heteroatoms. The lowest BCUT2D eigenvalue weighted by Crippen LogP contribution is -2.42. The molecule has 1 saturated heterocycles. The van der Waals surface area contributed by atoms with Crippen molar-refractivity contribution in [1.82, 2.24) is 9.62 Å². The van der Waals surface area contributed by atoms with Gasteiger partial charge in [-0.05, 0) is 0 Å². The third-order valence-corrected chi connectivity index (χ3v) is 5.23. The lowest BCUT2D eigenvalue weighted by molar-refractivity contribution is -0.123. The molecule has 1 heterocycles. The van der Waals surface area contributed by atoms with E-state index in [4.69, 9.17) is 11.6 Å². The molecule has 1 aliphatic rings. The van der Waals surface area contributed by atoms with Crippen molar-refractivity contribution in [1.29, 1.82) is 0 Å². The predicted octanol–water partition coefficient (Wildman–Crippen LogP) is 0.0156. The number of carbonyl (C=O) groups is 1. The fourth-order valence-electron chi connectivity index (χ4n) is 1.33. The Morgan fingerprint density at radius 3 is 2.59 bits per heavy atom. The number of hydrogen-bond acceptors (Lipinski definition) is 4. The molecule has 17 heavy (non-hydrogen) atoms. The monoisotopic (exact) mass is 304 g/mol. The third-order valence-electron chi connectivity index (χ3n) is 2.22. The zero-order chi connectivity index (χ0) is 12.9. The molecule has 5 nitrogen and oxygen atoms in total. The van der Waals surface area contributed by atoms with E-state index in [0.29, 0.717) is 13.1 Å². The Morgan fingerprint density at radius 2 is 2.06 bits per heavy atom. The van der Waals surface area contributed by atoms with E-state index in [1.54, 1.807) is 11.8 Å². The summed E-state index contributed by atoms with van der Waals surface area (Å²) >= 11 is 6.59. The molecule has 0 bridgehead atoms. The molecule has 1 fully saturated rings. The maximum Gasteiger partial charge on any atom is 0.270 e. The zero-order valence-electron chi connectivity index (χ0n) is 9.06. The van der Waals surface area contributed by atoms with Gasteiger partial charge in [0.1, 0.15) is 0 Å². The first-order chi connectivity index (χ1) is 7.93. The van der Waals surface area contributed by atoms with Crippen LogP contribution in [0, 0.1) is 0 Å². The molecular formula is C8H14ClFN2O3S2. The molecule has 0 aliphatic carbocycles. The van der Waals surface area contributed by atoms with Gasteiger partial charge in [0.05, 0.1) is 5.75 Å². The van der Waals surface area contributed by atoms with Crippen molar-refractivity contribution in [2.45, 2.75) is 5.63 Å². The number of rotatable bonds is 5. The van der Waals surface area contributed by atoms with Gasteiger partial charge in [-0.25, -0.2) is 17.1 Å². The Bertz CT molecular complexity index is 358. The maximum absolute atomic E-state index is 12.3. The van der Waals surface area contributed by atoms with Gasteiger partial charge in [-0.2, -0.15) is 11.8 Å². The van der Waals surface area contributed by atoms with Crippen molar-refractivity contribution in [3.05, 3.63) is 0 Å². The molecule has 100 valence electrons. The van der Waals surface area contributed by atoms with Crippen LogP contribution in [0.25, 0.3) is 0 Å². The van der Waals surface area contributed by atoms with E-state index >= 15 is 0 Å². The molecule has 0 aromatic heterocycles. The van der Waals surface area contributed by atoms with Crippen molar-refractivity contribution in [2.24, 2.45) is 0 Å². The second-order valence-corrected chi connectivity index (χ2v) is 7.12. The maximum atomic E-state index is 12.3. The molecule has 0 saturated carbocycles. The number of carbonyl (C=O) groups excluding carboxylic acids is 1. The van der Waals surface area contributed by atoms with Crippen LogP contribution in [0.3, 0.4) is 0 Å². The van der Waals surface area contributed by atoms with Gasteiger partial charge in [0.2, 0.25) is 10.0 Å². The van der Waals surface area contributed by atoms with Crippen LogP contribution in [0.15, 0.2) is 0 Å². The van der Waals surface area contributed by atoms with Gasteiger partial charge in [-0.3, -0.25) is 4.79 Å². The van der Waals surface area contributed by atoms with Gasteiger partial charge < -0.3 is 5.32 Å². The first-order valence-electron chi connectivity index (χ1n) is 5.05. The predicted molar refractivity (Wildman–Crippen MR) is 66.4 cm³/mol.